The minimum atomic E-state index is 0.0178. The van der Waals surface area contributed by atoms with Gasteiger partial charge in [-0.3, -0.25) is 0 Å². The topological polar surface area (TPSA) is 22.1 Å². The molecule has 0 aliphatic rings. The van der Waals surface area contributed by atoms with Crippen molar-refractivity contribution in [1.29, 1.82) is 0 Å². The first-order valence-corrected chi connectivity index (χ1v) is 5.81. The third kappa shape index (κ3) is 2.84. The van der Waals surface area contributed by atoms with E-state index in [0.717, 1.165) is 0 Å². The standard InChI is InChI=1S/C15H17NO/c1-11-7-8-14(10-12(11)2)13(3)17-15-6-4-5-9-16-15/h4-10,13H,1-3H3. The molecule has 0 aliphatic heterocycles. The molecule has 2 nitrogen and oxygen atoms in total. The highest BCUT2D eigenvalue weighted by Gasteiger charge is 2.08. The molecule has 0 aliphatic carbocycles. The highest BCUT2D eigenvalue weighted by molar-refractivity contribution is 5.31. The van der Waals surface area contributed by atoms with Crippen molar-refractivity contribution in [2.75, 3.05) is 0 Å². The van der Waals surface area contributed by atoms with E-state index in [-0.39, 0.29) is 6.10 Å². The molecule has 0 spiro atoms. The van der Waals surface area contributed by atoms with E-state index in [1.165, 1.54) is 16.7 Å². The number of hydrogen-bond donors (Lipinski definition) is 0. The predicted molar refractivity (Wildman–Crippen MR) is 69.2 cm³/mol. The van der Waals surface area contributed by atoms with Gasteiger partial charge in [-0.25, -0.2) is 4.98 Å². The van der Waals surface area contributed by atoms with Crippen LogP contribution in [-0.2, 0) is 0 Å². The van der Waals surface area contributed by atoms with Crippen LogP contribution in [0.2, 0.25) is 0 Å². The molecule has 0 saturated heterocycles. The Kier molecular flexibility index (Phi) is 3.43. The van der Waals surface area contributed by atoms with Crippen molar-refractivity contribution >= 4 is 0 Å². The Morgan fingerprint density at radius 2 is 1.88 bits per heavy atom. The summed E-state index contributed by atoms with van der Waals surface area (Å²) in [7, 11) is 0. The molecule has 0 fully saturated rings. The van der Waals surface area contributed by atoms with Gasteiger partial charge >= 0.3 is 0 Å². The Balaban J connectivity index is 2.14. The molecule has 0 radical (unpaired) electrons. The second-order valence-electron chi connectivity index (χ2n) is 4.27. The molecule has 2 rings (SSSR count). The average molecular weight is 227 g/mol. The van der Waals surface area contributed by atoms with Gasteiger partial charge in [-0.15, -0.1) is 0 Å². The van der Waals surface area contributed by atoms with E-state index in [9.17, 15) is 0 Å². The van der Waals surface area contributed by atoms with Crippen molar-refractivity contribution < 1.29 is 4.74 Å². The average Bonchev–Trinajstić information content (AvgIpc) is 2.34. The monoisotopic (exact) mass is 227 g/mol. The molecule has 1 aromatic carbocycles. The number of aryl methyl sites for hydroxylation is 2. The number of hydrogen-bond acceptors (Lipinski definition) is 2. The zero-order valence-electron chi connectivity index (χ0n) is 10.5. The van der Waals surface area contributed by atoms with Crippen LogP contribution in [0.5, 0.6) is 5.88 Å². The lowest BCUT2D eigenvalue weighted by atomic mass is 10.0. The first-order chi connectivity index (χ1) is 8.16. The zero-order valence-corrected chi connectivity index (χ0v) is 10.5. The maximum Gasteiger partial charge on any atom is 0.213 e. The summed E-state index contributed by atoms with van der Waals surface area (Å²) in [6.07, 6.45) is 1.76. The van der Waals surface area contributed by atoms with Crippen LogP contribution in [0.4, 0.5) is 0 Å². The Bertz CT molecular complexity index is 494. The first-order valence-electron chi connectivity index (χ1n) is 5.81. The van der Waals surface area contributed by atoms with Crippen LogP contribution < -0.4 is 4.74 Å². The smallest absolute Gasteiger partial charge is 0.213 e. The van der Waals surface area contributed by atoms with Crippen LogP contribution in [0.25, 0.3) is 0 Å². The molecule has 88 valence electrons. The number of rotatable bonds is 3. The van der Waals surface area contributed by atoms with Crippen molar-refractivity contribution in [2.45, 2.75) is 26.9 Å². The molecule has 1 aromatic heterocycles. The fraction of sp³-hybridized carbons (Fsp3) is 0.267. The lowest BCUT2D eigenvalue weighted by molar-refractivity contribution is 0.217. The molecule has 0 bridgehead atoms. The van der Waals surface area contributed by atoms with E-state index in [4.69, 9.17) is 4.74 Å². The molecule has 17 heavy (non-hydrogen) atoms. The first kappa shape index (κ1) is 11.6. The number of benzene rings is 1. The SMILES string of the molecule is Cc1ccc(C(C)Oc2ccccn2)cc1C. The van der Waals surface area contributed by atoms with Gasteiger partial charge in [0.25, 0.3) is 0 Å². The molecule has 1 unspecified atom stereocenters. The second kappa shape index (κ2) is 5.00. The summed E-state index contributed by atoms with van der Waals surface area (Å²) >= 11 is 0. The number of ether oxygens (including phenoxy) is 1. The third-order valence-corrected chi connectivity index (χ3v) is 2.94. The lowest BCUT2D eigenvalue weighted by Crippen LogP contribution is -2.04. The highest BCUT2D eigenvalue weighted by Crippen LogP contribution is 2.21. The minimum absolute atomic E-state index is 0.0178. The van der Waals surface area contributed by atoms with E-state index in [1.54, 1.807) is 6.20 Å². The number of aromatic nitrogens is 1. The fourth-order valence-electron chi connectivity index (χ4n) is 1.68. The van der Waals surface area contributed by atoms with Gasteiger partial charge in [0, 0.05) is 12.3 Å². The third-order valence-electron chi connectivity index (χ3n) is 2.94. The van der Waals surface area contributed by atoms with Gasteiger partial charge in [0.1, 0.15) is 6.10 Å². The van der Waals surface area contributed by atoms with E-state index >= 15 is 0 Å². The van der Waals surface area contributed by atoms with Crippen LogP contribution in [0, 0.1) is 13.8 Å². The Hall–Kier alpha value is -1.83. The molecular weight excluding hydrogens is 210 g/mol. The van der Waals surface area contributed by atoms with E-state index < -0.39 is 0 Å². The van der Waals surface area contributed by atoms with Crippen LogP contribution in [0.1, 0.15) is 29.7 Å². The van der Waals surface area contributed by atoms with Crippen LogP contribution in [0.3, 0.4) is 0 Å². The van der Waals surface area contributed by atoms with E-state index in [0.29, 0.717) is 5.88 Å². The van der Waals surface area contributed by atoms with Crippen molar-refractivity contribution in [1.82, 2.24) is 4.98 Å². The highest BCUT2D eigenvalue weighted by atomic mass is 16.5. The molecule has 1 heterocycles. The maximum atomic E-state index is 5.78. The summed E-state index contributed by atoms with van der Waals surface area (Å²) in [5.41, 5.74) is 3.77. The minimum Gasteiger partial charge on any atom is -0.470 e. The summed E-state index contributed by atoms with van der Waals surface area (Å²) in [4.78, 5) is 4.16. The van der Waals surface area contributed by atoms with E-state index in [1.807, 2.05) is 25.1 Å². The van der Waals surface area contributed by atoms with Crippen molar-refractivity contribution in [3.05, 3.63) is 59.3 Å². The molecule has 0 amide bonds. The van der Waals surface area contributed by atoms with E-state index in [2.05, 4.69) is 37.0 Å². The Morgan fingerprint density at radius 3 is 2.53 bits per heavy atom. The summed E-state index contributed by atoms with van der Waals surface area (Å²) in [6, 6.07) is 12.1. The molecule has 2 aromatic rings. The molecule has 0 saturated carbocycles. The van der Waals surface area contributed by atoms with Crippen LogP contribution >= 0.6 is 0 Å². The Morgan fingerprint density at radius 1 is 1.06 bits per heavy atom. The van der Waals surface area contributed by atoms with Gasteiger partial charge < -0.3 is 4.74 Å². The fourth-order valence-corrected chi connectivity index (χ4v) is 1.68. The number of nitrogens with zero attached hydrogens (tertiary/aromatic N) is 1. The van der Waals surface area contributed by atoms with Crippen molar-refractivity contribution in [2.24, 2.45) is 0 Å². The summed E-state index contributed by atoms with van der Waals surface area (Å²) in [5.74, 6) is 0.665. The number of pyridine rings is 1. The van der Waals surface area contributed by atoms with Gasteiger partial charge in [0.15, 0.2) is 0 Å². The molecular formula is C15H17NO. The maximum absolute atomic E-state index is 5.78. The van der Waals surface area contributed by atoms with Crippen LogP contribution in [-0.4, -0.2) is 4.98 Å². The normalized spacial score (nSPS) is 12.2. The predicted octanol–water partition coefficient (Wildman–Crippen LogP) is 3.84. The quantitative estimate of drug-likeness (QED) is 0.794. The van der Waals surface area contributed by atoms with Crippen LogP contribution in [0.15, 0.2) is 42.6 Å². The van der Waals surface area contributed by atoms with Crippen molar-refractivity contribution in [3.63, 3.8) is 0 Å². The summed E-state index contributed by atoms with van der Waals surface area (Å²) in [5, 5.41) is 0. The van der Waals surface area contributed by atoms with Gasteiger partial charge in [0.05, 0.1) is 0 Å². The van der Waals surface area contributed by atoms with Gasteiger partial charge in [-0.1, -0.05) is 24.3 Å². The van der Waals surface area contributed by atoms with Gasteiger partial charge in [0.2, 0.25) is 5.88 Å². The zero-order chi connectivity index (χ0) is 12.3. The lowest BCUT2D eigenvalue weighted by Gasteiger charge is -2.15. The molecule has 1 atom stereocenters. The molecule has 0 N–H and O–H groups in total. The van der Waals surface area contributed by atoms with Gasteiger partial charge in [-0.2, -0.15) is 0 Å². The second-order valence-corrected chi connectivity index (χ2v) is 4.27. The summed E-state index contributed by atoms with van der Waals surface area (Å²) in [6.45, 7) is 6.27. The summed E-state index contributed by atoms with van der Waals surface area (Å²) < 4.78 is 5.78. The van der Waals surface area contributed by atoms with Crippen molar-refractivity contribution in [3.8, 4) is 5.88 Å². The largest absolute Gasteiger partial charge is 0.470 e. The Labute approximate surface area is 102 Å². The molecule has 2 heteroatoms. The van der Waals surface area contributed by atoms with Gasteiger partial charge in [-0.05, 0) is 43.5 Å².